The van der Waals surface area contributed by atoms with Crippen LogP contribution in [0.3, 0.4) is 0 Å². The van der Waals surface area contributed by atoms with Crippen molar-refractivity contribution < 1.29 is 9.84 Å². The Morgan fingerprint density at radius 1 is 1.19 bits per heavy atom. The van der Waals surface area contributed by atoms with Gasteiger partial charge in [-0.25, -0.2) is 4.98 Å². The van der Waals surface area contributed by atoms with E-state index < -0.39 is 5.60 Å². The Morgan fingerprint density at radius 2 is 1.81 bits per heavy atom. The predicted molar refractivity (Wildman–Crippen MR) is 87.2 cm³/mol. The minimum Gasteiger partial charge on any atom is -0.493 e. The number of hydrogen-bond donors (Lipinski definition) is 1. The zero-order valence-corrected chi connectivity index (χ0v) is 14.2. The zero-order chi connectivity index (χ0) is 15.6. The number of benzene rings is 1. The fourth-order valence-corrected chi connectivity index (χ4v) is 3.44. The summed E-state index contributed by atoms with van der Waals surface area (Å²) in [5.74, 6) is 0.966. The van der Waals surface area contributed by atoms with Crippen molar-refractivity contribution in [3.05, 3.63) is 44.9 Å². The molecule has 114 valence electrons. The smallest absolute Gasteiger partial charge is 0.125 e. The van der Waals surface area contributed by atoms with Crippen molar-refractivity contribution in [2.75, 3.05) is 6.61 Å². The molecule has 4 heteroatoms. The summed E-state index contributed by atoms with van der Waals surface area (Å²) in [5, 5.41) is 11.1. The highest BCUT2D eigenvalue weighted by Gasteiger charge is 2.22. The first-order valence-electron chi connectivity index (χ1n) is 7.17. The van der Waals surface area contributed by atoms with Gasteiger partial charge in [-0.3, -0.25) is 0 Å². The normalized spacial score (nSPS) is 11.7. The van der Waals surface area contributed by atoms with Gasteiger partial charge in [0.25, 0.3) is 0 Å². The van der Waals surface area contributed by atoms with E-state index in [0.717, 1.165) is 38.9 Å². The lowest BCUT2D eigenvalue weighted by molar-refractivity contribution is 0.0817. The molecule has 0 aliphatic carbocycles. The van der Waals surface area contributed by atoms with Gasteiger partial charge in [0.2, 0.25) is 0 Å². The number of nitrogens with zero attached hydrogens (tertiary/aromatic N) is 1. The van der Waals surface area contributed by atoms with Gasteiger partial charge in [0, 0.05) is 6.42 Å². The summed E-state index contributed by atoms with van der Waals surface area (Å²) < 4.78 is 5.91. The molecule has 1 aromatic carbocycles. The number of hydrogen-bond acceptors (Lipinski definition) is 4. The number of para-hydroxylation sites is 1. The highest BCUT2D eigenvalue weighted by molar-refractivity contribution is 7.11. The first-order chi connectivity index (χ1) is 9.79. The average molecular weight is 305 g/mol. The van der Waals surface area contributed by atoms with E-state index in [4.69, 9.17) is 4.74 Å². The number of aliphatic hydroxyl groups is 1. The Hall–Kier alpha value is -1.39. The lowest BCUT2D eigenvalue weighted by Crippen LogP contribution is -2.14. The Bertz CT molecular complexity index is 606. The fourth-order valence-electron chi connectivity index (χ4n) is 2.39. The summed E-state index contributed by atoms with van der Waals surface area (Å²) in [6.45, 7) is 10.3. The highest BCUT2D eigenvalue weighted by Crippen LogP contribution is 2.30. The van der Waals surface area contributed by atoms with Gasteiger partial charge in [-0.05, 0) is 45.7 Å². The summed E-state index contributed by atoms with van der Waals surface area (Å²) in [5.41, 5.74) is 2.40. The molecule has 1 aromatic heterocycles. The third-order valence-corrected chi connectivity index (χ3v) is 4.90. The van der Waals surface area contributed by atoms with Crippen LogP contribution in [0.1, 0.15) is 40.6 Å². The first-order valence-corrected chi connectivity index (χ1v) is 7.99. The minimum absolute atomic E-state index is 0.601. The van der Waals surface area contributed by atoms with Crippen LogP contribution in [0.25, 0.3) is 0 Å². The molecular weight excluding hydrogens is 282 g/mol. The van der Waals surface area contributed by atoms with Crippen molar-refractivity contribution in [2.24, 2.45) is 0 Å². The molecule has 0 aliphatic heterocycles. The van der Waals surface area contributed by atoms with E-state index in [-0.39, 0.29) is 0 Å². The van der Waals surface area contributed by atoms with E-state index in [1.165, 1.54) is 0 Å². The number of aryl methyl sites for hydroxylation is 3. The van der Waals surface area contributed by atoms with Crippen molar-refractivity contribution in [3.63, 3.8) is 0 Å². The topological polar surface area (TPSA) is 42.4 Å². The molecule has 0 unspecified atom stereocenters. The fraction of sp³-hybridized carbons (Fsp3) is 0.471. The SMILES string of the molecule is Cc1cccc(C)c1OCCc1nc(C)c(C(C)(C)O)s1. The van der Waals surface area contributed by atoms with Crippen LogP contribution >= 0.6 is 11.3 Å². The lowest BCUT2D eigenvalue weighted by Gasteiger charge is -2.15. The van der Waals surface area contributed by atoms with Gasteiger partial charge in [-0.2, -0.15) is 0 Å². The maximum Gasteiger partial charge on any atom is 0.125 e. The quantitative estimate of drug-likeness (QED) is 0.910. The van der Waals surface area contributed by atoms with Crippen LogP contribution in [0.4, 0.5) is 0 Å². The molecule has 21 heavy (non-hydrogen) atoms. The standard InChI is InChI=1S/C17H23NO2S/c1-11-7-6-8-12(2)15(11)20-10-9-14-18-13(3)16(21-14)17(4,5)19/h6-8,19H,9-10H2,1-5H3. The Morgan fingerprint density at radius 3 is 2.33 bits per heavy atom. The van der Waals surface area contributed by atoms with Gasteiger partial charge in [0.15, 0.2) is 0 Å². The van der Waals surface area contributed by atoms with Crippen LogP contribution in [0, 0.1) is 20.8 Å². The third-order valence-electron chi connectivity index (χ3n) is 3.37. The van der Waals surface area contributed by atoms with E-state index in [1.54, 1.807) is 25.2 Å². The van der Waals surface area contributed by atoms with Crippen LogP contribution < -0.4 is 4.74 Å². The number of aromatic nitrogens is 1. The molecule has 0 saturated carbocycles. The molecule has 0 atom stereocenters. The Labute approximate surface area is 130 Å². The molecular formula is C17H23NO2S. The second kappa shape index (κ2) is 6.16. The molecule has 2 rings (SSSR count). The van der Waals surface area contributed by atoms with E-state index in [1.807, 2.05) is 13.0 Å². The molecule has 0 spiro atoms. The molecule has 0 aliphatic rings. The second-order valence-electron chi connectivity index (χ2n) is 5.90. The van der Waals surface area contributed by atoms with Gasteiger partial charge in [0.1, 0.15) is 5.75 Å². The summed E-state index contributed by atoms with van der Waals surface area (Å²) in [6.07, 6.45) is 0.759. The van der Waals surface area contributed by atoms with Gasteiger partial charge in [-0.15, -0.1) is 11.3 Å². The van der Waals surface area contributed by atoms with Crippen LogP contribution in [-0.2, 0) is 12.0 Å². The predicted octanol–water partition coefficient (Wildman–Crippen LogP) is 3.92. The second-order valence-corrected chi connectivity index (χ2v) is 6.98. The molecule has 0 fully saturated rings. The van der Waals surface area contributed by atoms with Crippen LogP contribution in [-0.4, -0.2) is 16.7 Å². The van der Waals surface area contributed by atoms with Gasteiger partial charge < -0.3 is 9.84 Å². The summed E-state index contributed by atoms with van der Waals surface area (Å²) in [6, 6.07) is 6.15. The largest absolute Gasteiger partial charge is 0.493 e. The molecule has 1 heterocycles. The van der Waals surface area contributed by atoms with Gasteiger partial charge >= 0.3 is 0 Å². The van der Waals surface area contributed by atoms with Crippen LogP contribution in [0.15, 0.2) is 18.2 Å². The third kappa shape index (κ3) is 3.83. The van der Waals surface area contributed by atoms with E-state index in [2.05, 4.69) is 31.0 Å². The number of rotatable bonds is 5. The Balaban J connectivity index is 2.01. The summed E-state index contributed by atoms with van der Waals surface area (Å²) in [7, 11) is 0. The van der Waals surface area contributed by atoms with Crippen molar-refractivity contribution in [1.82, 2.24) is 4.98 Å². The molecule has 0 saturated heterocycles. The van der Waals surface area contributed by atoms with Crippen molar-refractivity contribution in [2.45, 2.75) is 46.6 Å². The summed E-state index contributed by atoms with van der Waals surface area (Å²) >= 11 is 1.57. The van der Waals surface area contributed by atoms with E-state index in [9.17, 15) is 5.11 Å². The minimum atomic E-state index is -0.826. The molecule has 1 N–H and O–H groups in total. The average Bonchev–Trinajstić information content (AvgIpc) is 2.74. The van der Waals surface area contributed by atoms with Gasteiger partial charge in [0.05, 0.1) is 27.8 Å². The molecule has 0 bridgehead atoms. The molecule has 0 amide bonds. The number of thiazole rings is 1. The van der Waals surface area contributed by atoms with Crippen LogP contribution in [0.2, 0.25) is 0 Å². The van der Waals surface area contributed by atoms with Crippen molar-refractivity contribution in [1.29, 1.82) is 0 Å². The first kappa shape index (κ1) is 16.0. The highest BCUT2D eigenvalue weighted by atomic mass is 32.1. The van der Waals surface area contributed by atoms with Crippen molar-refractivity contribution in [3.8, 4) is 5.75 Å². The monoisotopic (exact) mass is 305 g/mol. The molecule has 3 nitrogen and oxygen atoms in total. The maximum atomic E-state index is 10.1. The summed E-state index contributed by atoms with van der Waals surface area (Å²) in [4.78, 5) is 5.47. The van der Waals surface area contributed by atoms with Gasteiger partial charge in [-0.1, -0.05) is 18.2 Å². The molecule has 0 radical (unpaired) electrons. The van der Waals surface area contributed by atoms with Crippen LogP contribution in [0.5, 0.6) is 5.75 Å². The Kier molecular flexibility index (Phi) is 4.69. The van der Waals surface area contributed by atoms with Crippen molar-refractivity contribution >= 4 is 11.3 Å². The number of ether oxygens (including phenoxy) is 1. The van der Waals surface area contributed by atoms with E-state index in [0.29, 0.717) is 6.61 Å². The maximum absolute atomic E-state index is 10.1. The molecule has 2 aromatic rings. The van der Waals surface area contributed by atoms with E-state index >= 15 is 0 Å². The zero-order valence-electron chi connectivity index (χ0n) is 13.4. The lowest BCUT2D eigenvalue weighted by atomic mass is 10.1.